The van der Waals surface area contributed by atoms with Gasteiger partial charge >= 0.3 is 0 Å². The summed E-state index contributed by atoms with van der Waals surface area (Å²) in [6.45, 7) is 4.82. The van der Waals surface area contributed by atoms with Crippen LogP contribution in [0, 0.1) is 17.8 Å². The fourth-order valence-electron chi connectivity index (χ4n) is 4.37. The van der Waals surface area contributed by atoms with E-state index in [0.717, 1.165) is 43.9 Å². The van der Waals surface area contributed by atoms with E-state index in [1.807, 2.05) is 17.0 Å². The highest BCUT2D eigenvalue weighted by atomic mass is 35.5. The zero-order valence-corrected chi connectivity index (χ0v) is 14.1. The minimum absolute atomic E-state index is 0.106. The SMILES string of the molecule is O=C(c1cccc(Cl)c1)N1CCN(C[C@H]2C[C@@H]3C=C[C@@H]2C3)CC1. The molecular formula is C19H23ClN2O. The number of piperazine rings is 1. The van der Waals surface area contributed by atoms with Gasteiger partial charge in [-0.1, -0.05) is 29.8 Å². The van der Waals surface area contributed by atoms with Crippen molar-refractivity contribution in [2.75, 3.05) is 32.7 Å². The number of hydrogen-bond acceptors (Lipinski definition) is 2. The molecule has 3 atom stereocenters. The van der Waals surface area contributed by atoms with Gasteiger partial charge < -0.3 is 4.90 Å². The van der Waals surface area contributed by atoms with Gasteiger partial charge in [0.15, 0.2) is 0 Å². The predicted octanol–water partition coefficient (Wildman–Crippen LogP) is 3.31. The van der Waals surface area contributed by atoms with Crippen molar-refractivity contribution in [3.05, 3.63) is 47.0 Å². The van der Waals surface area contributed by atoms with Crippen LogP contribution in [0.25, 0.3) is 0 Å². The van der Waals surface area contributed by atoms with E-state index < -0.39 is 0 Å². The lowest BCUT2D eigenvalue weighted by atomic mass is 9.93. The molecule has 1 aromatic rings. The summed E-state index contributed by atoms with van der Waals surface area (Å²) in [5, 5.41) is 0.624. The van der Waals surface area contributed by atoms with Crippen molar-refractivity contribution >= 4 is 17.5 Å². The molecule has 1 saturated heterocycles. The largest absolute Gasteiger partial charge is 0.336 e. The molecule has 0 spiro atoms. The normalized spacial score (nSPS) is 30.1. The molecule has 1 saturated carbocycles. The Bertz CT molecular complexity index is 622. The van der Waals surface area contributed by atoms with E-state index in [1.54, 1.807) is 12.1 Å². The highest BCUT2D eigenvalue weighted by Crippen LogP contribution is 2.43. The van der Waals surface area contributed by atoms with E-state index in [2.05, 4.69) is 17.1 Å². The summed E-state index contributed by atoms with van der Waals surface area (Å²) < 4.78 is 0. The van der Waals surface area contributed by atoms with Crippen LogP contribution in [0.2, 0.25) is 5.02 Å². The molecule has 2 aliphatic carbocycles. The Morgan fingerprint density at radius 3 is 2.61 bits per heavy atom. The van der Waals surface area contributed by atoms with Gasteiger partial charge in [-0.2, -0.15) is 0 Å². The zero-order valence-electron chi connectivity index (χ0n) is 13.3. The number of allylic oxidation sites excluding steroid dienone is 2. The first-order valence-corrected chi connectivity index (χ1v) is 9.02. The monoisotopic (exact) mass is 330 g/mol. The summed E-state index contributed by atoms with van der Waals surface area (Å²) in [6.07, 6.45) is 7.57. The van der Waals surface area contributed by atoms with Crippen LogP contribution in [-0.2, 0) is 0 Å². The molecule has 1 aliphatic heterocycles. The third-order valence-corrected chi connectivity index (χ3v) is 5.88. The Labute approximate surface area is 142 Å². The number of fused-ring (bicyclic) bond motifs is 2. The Balaban J connectivity index is 1.30. The van der Waals surface area contributed by atoms with Crippen molar-refractivity contribution in [1.29, 1.82) is 0 Å². The molecule has 4 rings (SSSR count). The number of benzene rings is 1. The van der Waals surface area contributed by atoms with Gasteiger partial charge in [-0.15, -0.1) is 0 Å². The molecule has 0 N–H and O–H groups in total. The van der Waals surface area contributed by atoms with E-state index in [9.17, 15) is 4.79 Å². The zero-order chi connectivity index (χ0) is 15.8. The fraction of sp³-hybridized carbons (Fsp3) is 0.526. The van der Waals surface area contributed by atoms with Crippen molar-refractivity contribution in [2.45, 2.75) is 12.8 Å². The standard InChI is InChI=1S/C19H23ClN2O/c20-18-3-1-2-16(12-18)19(23)22-8-6-21(7-9-22)13-17-11-14-4-5-15(17)10-14/h1-5,12,14-15,17H,6-11,13H2/t14-,15-,17-/m1/s1. The second-order valence-electron chi connectivity index (χ2n) is 7.14. The van der Waals surface area contributed by atoms with Gasteiger partial charge in [0.2, 0.25) is 0 Å². The van der Waals surface area contributed by atoms with Crippen molar-refractivity contribution < 1.29 is 4.79 Å². The third kappa shape index (κ3) is 3.17. The lowest BCUT2D eigenvalue weighted by molar-refractivity contribution is 0.0610. The number of carbonyl (C=O) groups excluding carboxylic acids is 1. The number of amides is 1. The van der Waals surface area contributed by atoms with Crippen LogP contribution in [0.5, 0.6) is 0 Å². The molecule has 2 fully saturated rings. The maximum Gasteiger partial charge on any atom is 0.253 e. The average molecular weight is 331 g/mol. The van der Waals surface area contributed by atoms with Crippen LogP contribution >= 0.6 is 11.6 Å². The quantitative estimate of drug-likeness (QED) is 0.794. The van der Waals surface area contributed by atoms with E-state index in [1.165, 1.54) is 19.4 Å². The molecule has 2 bridgehead atoms. The van der Waals surface area contributed by atoms with Gasteiger partial charge in [-0.05, 0) is 48.8 Å². The molecule has 0 unspecified atom stereocenters. The maximum atomic E-state index is 12.5. The van der Waals surface area contributed by atoms with Gasteiger partial charge in [0.25, 0.3) is 5.91 Å². The number of rotatable bonds is 3. The van der Waals surface area contributed by atoms with E-state index >= 15 is 0 Å². The molecule has 0 aromatic heterocycles. The number of halogens is 1. The Morgan fingerprint density at radius 1 is 1.13 bits per heavy atom. The van der Waals surface area contributed by atoms with E-state index in [4.69, 9.17) is 11.6 Å². The number of carbonyl (C=O) groups is 1. The van der Waals surface area contributed by atoms with Crippen molar-refractivity contribution in [3.8, 4) is 0 Å². The lowest BCUT2D eigenvalue weighted by Crippen LogP contribution is -2.50. The van der Waals surface area contributed by atoms with Crippen molar-refractivity contribution in [3.63, 3.8) is 0 Å². The summed E-state index contributed by atoms with van der Waals surface area (Å²) >= 11 is 5.99. The molecule has 1 amide bonds. The van der Waals surface area contributed by atoms with Crippen LogP contribution in [-0.4, -0.2) is 48.4 Å². The highest BCUT2D eigenvalue weighted by molar-refractivity contribution is 6.30. The maximum absolute atomic E-state index is 12.5. The number of hydrogen-bond donors (Lipinski definition) is 0. The van der Waals surface area contributed by atoms with Crippen LogP contribution in [0.4, 0.5) is 0 Å². The number of nitrogens with zero attached hydrogens (tertiary/aromatic N) is 2. The first-order valence-electron chi connectivity index (χ1n) is 8.64. The minimum Gasteiger partial charge on any atom is -0.336 e. The molecule has 3 nitrogen and oxygen atoms in total. The average Bonchev–Trinajstić information content (AvgIpc) is 3.18. The molecule has 4 heteroatoms. The Kier molecular flexibility index (Phi) is 4.16. The first kappa shape index (κ1) is 15.2. The molecule has 3 aliphatic rings. The Hall–Kier alpha value is -1.32. The van der Waals surface area contributed by atoms with Gasteiger partial charge in [0, 0.05) is 43.3 Å². The van der Waals surface area contributed by atoms with Crippen LogP contribution < -0.4 is 0 Å². The van der Waals surface area contributed by atoms with Gasteiger partial charge in [0.1, 0.15) is 0 Å². The smallest absolute Gasteiger partial charge is 0.253 e. The van der Waals surface area contributed by atoms with E-state index in [-0.39, 0.29) is 5.91 Å². The summed E-state index contributed by atoms with van der Waals surface area (Å²) in [6, 6.07) is 7.26. The molecule has 1 aromatic carbocycles. The minimum atomic E-state index is 0.106. The predicted molar refractivity (Wildman–Crippen MR) is 92.6 cm³/mol. The summed E-state index contributed by atoms with van der Waals surface area (Å²) in [7, 11) is 0. The van der Waals surface area contributed by atoms with Crippen LogP contribution in [0.1, 0.15) is 23.2 Å². The molecule has 23 heavy (non-hydrogen) atoms. The fourth-order valence-corrected chi connectivity index (χ4v) is 4.56. The van der Waals surface area contributed by atoms with Crippen molar-refractivity contribution in [1.82, 2.24) is 9.80 Å². The topological polar surface area (TPSA) is 23.6 Å². The second kappa shape index (κ2) is 6.29. The Morgan fingerprint density at radius 2 is 1.96 bits per heavy atom. The lowest BCUT2D eigenvalue weighted by Gasteiger charge is -2.37. The summed E-state index contributed by atoms with van der Waals surface area (Å²) in [5.41, 5.74) is 0.698. The molecule has 1 heterocycles. The highest BCUT2D eigenvalue weighted by Gasteiger charge is 2.36. The summed E-state index contributed by atoms with van der Waals surface area (Å²) in [5.74, 6) is 2.59. The van der Waals surface area contributed by atoms with E-state index in [0.29, 0.717) is 10.6 Å². The molecule has 0 radical (unpaired) electrons. The van der Waals surface area contributed by atoms with Gasteiger partial charge in [-0.3, -0.25) is 9.69 Å². The van der Waals surface area contributed by atoms with Crippen molar-refractivity contribution in [2.24, 2.45) is 17.8 Å². The molecule has 122 valence electrons. The summed E-state index contributed by atoms with van der Waals surface area (Å²) in [4.78, 5) is 17.1. The third-order valence-electron chi connectivity index (χ3n) is 5.64. The van der Waals surface area contributed by atoms with Crippen LogP contribution in [0.15, 0.2) is 36.4 Å². The molecular weight excluding hydrogens is 308 g/mol. The van der Waals surface area contributed by atoms with Gasteiger partial charge in [0.05, 0.1) is 0 Å². The van der Waals surface area contributed by atoms with Crippen LogP contribution in [0.3, 0.4) is 0 Å². The second-order valence-corrected chi connectivity index (χ2v) is 7.58. The van der Waals surface area contributed by atoms with Gasteiger partial charge in [-0.25, -0.2) is 0 Å². The first-order chi connectivity index (χ1) is 11.2.